The average molecular weight is 400 g/mol. The molecule has 0 aliphatic heterocycles. The van der Waals surface area contributed by atoms with Gasteiger partial charge in [-0.05, 0) is 46.3 Å². The van der Waals surface area contributed by atoms with Gasteiger partial charge < -0.3 is 5.32 Å². The van der Waals surface area contributed by atoms with Gasteiger partial charge >= 0.3 is 0 Å². The molecule has 1 N–H and O–H groups in total. The summed E-state index contributed by atoms with van der Waals surface area (Å²) in [5.41, 5.74) is 0.729. The van der Waals surface area contributed by atoms with Crippen LogP contribution in [0.25, 0.3) is 0 Å². The standard InChI is InChI=1S/C13H8Br2N2O3/c14-9-3-1-2-8(6-9)13(18)16-10-4-5-11(15)12(7-10)17(19)20/h1-7H,(H,16,18). The van der Waals surface area contributed by atoms with Crippen molar-refractivity contribution in [3.05, 3.63) is 67.1 Å². The summed E-state index contributed by atoms with van der Waals surface area (Å²) in [7, 11) is 0. The summed E-state index contributed by atoms with van der Waals surface area (Å²) in [5.74, 6) is -0.331. The van der Waals surface area contributed by atoms with E-state index in [0.717, 1.165) is 4.47 Å². The third-order valence-electron chi connectivity index (χ3n) is 2.49. The quantitative estimate of drug-likeness (QED) is 0.615. The molecule has 5 nitrogen and oxygen atoms in total. The number of nitrogens with zero attached hydrogens (tertiary/aromatic N) is 1. The first-order chi connectivity index (χ1) is 9.47. The van der Waals surface area contributed by atoms with Crippen LogP contribution in [0.1, 0.15) is 10.4 Å². The van der Waals surface area contributed by atoms with Gasteiger partial charge in [0.2, 0.25) is 0 Å². The Balaban J connectivity index is 2.24. The molecule has 20 heavy (non-hydrogen) atoms. The maximum absolute atomic E-state index is 12.0. The molecule has 0 fully saturated rings. The molecule has 0 aliphatic carbocycles. The van der Waals surface area contributed by atoms with Crippen LogP contribution in [0.5, 0.6) is 0 Å². The molecule has 0 radical (unpaired) electrons. The number of anilines is 1. The summed E-state index contributed by atoms with van der Waals surface area (Å²) in [6, 6.07) is 11.3. The van der Waals surface area contributed by atoms with E-state index in [2.05, 4.69) is 37.2 Å². The van der Waals surface area contributed by atoms with E-state index in [0.29, 0.717) is 15.7 Å². The lowest BCUT2D eigenvalue weighted by atomic mass is 10.2. The molecule has 102 valence electrons. The second-order valence-electron chi connectivity index (χ2n) is 3.89. The van der Waals surface area contributed by atoms with E-state index in [4.69, 9.17) is 0 Å². The molecule has 0 atom stereocenters. The molecule has 1 amide bonds. The predicted octanol–water partition coefficient (Wildman–Crippen LogP) is 4.37. The topological polar surface area (TPSA) is 72.2 Å². The Kier molecular flexibility index (Phi) is 4.51. The number of amides is 1. The molecule has 2 aromatic rings. The van der Waals surface area contributed by atoms with Gasteiger partial charge in [0.25, 0.3) is 11.6 Å². The largest absolute Gasteiger partial charge is 0.322 e. The Hall–Kier alpha value is -1.73. The lowest BCUT2D eigenvalue weighted by Crippen LogP contribution is -2.11. The smallest absolute Gasteiger partial charge is 0.285 e. The Bertz CT molecular complexity index is 689. The number of halogens is 2. The maximum Gasteiger partial charge on any atom is 0.285 e. The van der Waals surface area contributed by atoms with E-state index in [1.165, 1.54) is 12.1 Å². The van der Waals surface area contributed by atoms with Gasteiger partial charge in [-0.3, -0.25) is 14.9 Å². The molecule has 0 saturated heterocycles. The monoisotopic (exact) mass is 398 g/mol. The summed E-state index contributed by atoms with van der Waals surface area (Å²) in [4.78, 5) is 22.3. The Labute approximate surface area is 131 Å². The van der Waals surface area contributed by atoms with Crippen LogP contribution in [0.4, 0.5) is 11.4 Å². The number of hydrogen-bond donors (Lipinski definition) is 1. The number of nitro benzene ring substituents is 1. The number of nitro groups is 1. The SMILES string of the molecule is O=C(Nc1ccc(Br)c([N+](=O)[O-])c1)c1cccc(Br)c1. The van der Waals surface area contributed by atoms with Crippen molar-refractivity contribution in [2.75, 3.05) is 5.32 Å². The first kappa shape index (κ1) is 14.7. The van der Waals surface area contributed by atoms with Crippen molar-refractivity contribution in [3.8, 4) is 0 Å². The van der Waals surface area contributed by atoms with Crippen LogP contribution in [0.15, 0.2) is 51.4 Å². The van der Waals surface area contributed by atoms with E-state index in [1.54, 1.807) is 30.3 Å². The number of nitrogens with one attached hydrogen (secondary N) is 1. The van der Waals surface area contributed by atoms with Gasteiger partial charge in [-0.25, -0.2) is 0 Å². The summed E-state index contributed by atoms with van der Waals surface area (Å²) in [5, 5.41) is 13.5. The van der Waals surface area contributed by atoms with Crippen molar-refractivity contribution >= 4 is 49.1 Å². The maximum atomic E-state index is 12.0. The lowest BCUT2D eigenvalue weighted by Gasteiger charge is -2.06. The molecule has 7 heteroatoms. The predicted molar refractivity (Wildman–Crippen MR) is 82.9 cm³/mol. The highest BCUT2D eigenvalue weighted by Crippen LogP contribution is 2.28. The van der Waals surface area contributed by atoms with Crippen LogP contribution >= 0.6 is 31.9 Å². The second-order valence-corrected chi connectivity index (χ2v) is 5.66. The minimum Gasteiger partial charge on any atom is -0.322 e. The van der Waals surface area contributed by atoms with Crippen LogP contribution in [0.2, 0.25) is 0 Å². The van der Waals surface area contributed by atoms with Crippen molar-refractivity contribution in [2.45, 2.75) is 0 Å². The van der Waals surface area contributed by atoms with Crippen LogP contribution in [-0.4, -0.2) is 10.8 Å². The third kappa shape index (κ3) is 3.43. The Morgan fingerprint density at radius 2 is 1.90 bits per heavy atom. The zero-order valence-electron chi connectivity index (χ0n) is 9.97. The Morgan fingerprint density at radius 1 is 1.15 bits per heavy atom. The minimum absolute atomic E-state index is 0.1000. The number of carbonyl (C=O) groups excluding carboxylic acids is 1. The van der Waals surface area contributed by atoms with E-state index in [1.807, 2.05) is 0 Å². The summed E-state index contributed by atoms with van der Waals surface area (Å²) >= 11 is 6.37. The van der Waals surface area contributed by atoms with Crippen molar-refractivity contribution < 1.29 is 9.72 Å². The summed E-state index contributed by atoms with van der Waals surface area (Å²) < 4.78 is 1.15. The van der Waals surface area contributed by atoms with Crippen molar-refractivity contribution in [2.24, 2.45) is 0 Å². The third-order valence-corrected chi connectivity index (χ3v) is 3.65. The highest BCUT2D eigenvalue weighted by Gasteiger charge is 2.14. The number of carbonyl (C=O) groups is 1. The van der Waals surface area contributed by atoms with Crippen LogP contribution < -0.4 is 5.32 Å². The van der Waals surface area contributed by atoms with E-state index in [9.17, 15) is 14.9 Å². The van der Waals surface area contributed by atoms with E-state index < -0.39 is 4.92 Å². The minimum atomic E-state index is -0.515. The molecule has 0 spiro atoms. The lowest BCUT2D eigenvalue weighted by molar-refractivity contribution is -0.385. The number of benzene rings is 2. The van der Waals surface area contributed by atoms with Crippen molar-refractivity contribution in [1.82, 2.24) is 0 Å². The van der Waals surface area contributed by atoms with Gasteiger partial charge in [-0.2, -0.15) is 0 Å². The number of hydrogen-bond acceptors (Lipinski definition) is 3. The zero-order valence-corrected chi connectivity index (χ0v) is 13.1. The molecular formula is C13H8Br2N2O3. The molecule has 0 aliphatic rings. The van der Waals surface area contributed by atoms with Gasteiger partial charge in [0, 0.05) is 21.8 Å². The molecule has 0 aromatic heterocycles. The van der Waals surface area contributed by atoms with Crippen molar-refractivity contribution in [3.63, 3.8) is 0 Å². The van der Waals surface area contributed by atoms with Crippen LogP contribution in [0.3, 0.4) is 0 Å². The van der Waals surface area contributed by atoms with Gasteiger partial charge in [0.15, 0.2) is 0 Å². The van der Waals surface area contributed by atoms with E-state index >= 15 is 0 Å². The van der Waals surface area contributed by atoms with Gasteiger partial charge in [-0.1, -0.05) is 22.0 Å². The Morgan fingerprint density at radius 3 is 2.55 bits per heavy atom. The van der Waals surface area contributed by atoms with Gasteiger partial charge in [0.05, 0.1) is 9.40 Å². The molecule has 0 heterocycles. The van der Waals surface area contributed by atoms with Gasteiger partial charge in [-0.15, -0.1) is 0 Å². The fourth-order valence-corrected chi connectivity index (χ4v) is 2.35. The van der Waals surface area contributed by atoms with Crippen LogP contribution in [-0.2, 0) is 0 Å². The molecule has 0 saturated carbocycles. The van der Waals surface area contributed by atoms with Gasteiger partial charge in [0.1, 0.15) is 0 Å². The van der Waals surface area contributed by atoms with E-state index in [-0.39, 0.29) is 11.6 Å². The molecule has 0 unspecified atom stereocenters. The fraction of sp³-hybridized carbons (Fsp3) is 0. The molecule has 0 bridgehead atoms. The highest BCUT2D eigenvalue weighted by molar-refractivity contribution is 9.10. The molecule has 2 aromatic carbocycles. The van der Waals surface area contributed by atoms with Crippen LogP contribution in [0, 0.1) is 10.1 Å². The average Bonchev–Trinajstić information content (AvgIpc) is 2.40. The second kappa shape index (κ2) is 6.15. The first-order valence-electron chi connectivity index (χ1n) is 5.48. The molecular weight excluding hydrogens is 392 g/mol. The highest BCUT2D eigenvalue weighted by atomic mass is 79.9. The van der Waals surface area contributed by atoms with Crippen molar-refractivity contribution in [1.29, 1.82) is 0 Å². The summed E-state index contributed by atoms with van der Waals surface area (Å²) in [6.45, 7) is 0. The first-order valence-corrected chi connectivity index (χ1v) is 7.07. The number of rotatable bonds is 3. The fourth-order valence-electron chi connectivity index (χ4n) is 1.56. The zero-order chi connectivity index (χ0) is 14.7. The normalized spacial score (nSPS) is 10.1. The molecule has 2 rings (SSSR count). The summed E-state index contributed by atoms with van der Waals surface area (Å²) in [6.07, 6.45) is 0.